The lowest BCUT2D eigenvalue weighted by Crippen LogP contribution is -2.33. The summed E-state index contributed by atoms with van der Waals surface area (Å²) in [4.78, 5) is 23.7. The predicted molar refractivity (Wildman–Crippen MR) is 73.5 cm³/mol. The summed E-state index contributed by atoms with van der Waals surface area (Å²) in [5.41, 5.74) is 4.35. The van der Waals surface area contributed by atoms with Crippen molar-refractivity contribution in [1.29, 1.82) is 0 Å². The van der Waals surface area contributed by atoms with Crippen molar-refractivity contribution >= 4 is 11.9 Å². The Labute approximate surface area is 115 Å². The Kier molecular flexibility index (Phi) is 6.49. The molecule has 1 atom stereocenters. The van der Waals surface area contributed by atoms with E-state index in [4.69, 9.17) is 15.2 Å². The van der Waals surface area contributed by atoms with Crippen LogP contribution in [-0.4, -0.2) is 29.7 Å². The van der Waals surface area contributed by atoms with Gasteiger partial charge in [0.1, 0.15) is 11.2 Å². The number of hydrogen-bond acceptors (Lipinski definition) is 5. The highest BCUT2D eigenvalue weighted by Crippen LogP contribution is 2.18. The van der Waals surface area contributed by atoms with Crippen LogP contribution in [0.25, 0.3) is 0 Å². The number of nitrogens with two attached hydrogens (primary N) is 1. The molecule has 0 saturated heterocycles. The molecule has 0 aliphatic carbocycles. The second-order valence-corrected chi connectivity index (χ2v) is 6.60. The zero-order valence-electron chi connectivity index (χ0n) is 12.9. The van der Waals surface area contributed by atoms with Crippen LogP contribution in [0.3, 0.4) is 0 Å². The summed E-state index contributed by atoms with van der Waals surface area (Å²) in [7, 11) is 0. The Hall–Kier alpha value is -1.10. The minimum atomic E-state index is -0.572. The Balaban J connectivity index is 4.57. The molecule has 112 valence electrons. The lowest BCUT2D eigenvalue weighted by Gasteiger charge is -2.25. The van der Waals surface area contributed by atoms with E-state index < -0.39 is 29.1 Å². The largest absolute Gasteiger partial charge is 0.460 e. The number of carbonyl (C=O) groups is 2. The SMILES string of the molecule is CC(C)(C)OC(=O)C[C@@H](CCN)C(=O)OC(C)(C)C. The lowest BCUT2D eigenvalue weighted by atomic mass is 10.0. The minimum absolute atomic E-state index is 0.00336. The van der Waals surface area contributed by atoms with Gasteiger partial charge in [0, 0.05) is 0 Å². The molecule has 0 heterocycles. The van der Waals surface area contributed by atoms with Crippen molar-refractivity contribution in [2.45, 2.75) is 65.6 Å². The number of ether oxygens (including phenoxy) is 2. The molecular weight excluding hydrogens is 246 g/mol. The highest BCUT2D eigenvalue weighted by Gasteiger charge is 2.28. The van der Waals surface area contributed by atoms with Crippen molar-refractivity contribution in [3.05, 3.63) is 0 Å². The van der Waals surface area contributed by atoms with Crippen LogP contribution in [0.4, 0.5) is 0 Å². The zero-order chi connectivity index (χ0) is 15.3. The van der Waals surface area contributed by atoms with Crippen LogP contribution in [0.15, 0.2) is 0 Å². The van der Waals surface area contributed by atoms with E-state index in [1.165, 1.54) is 0 Å². The molecule has 0 bridgehead atoms. The highest BCUT2D eigenvalue weighted by atomic mass is 16.6. The highest BCUT2D eigenvalue weighted by molar-refractivity contribution is 5.80. The molecule has 0 amide bonds. The average Bonchev–Trinajstić information content (AvgIpc) is 2.10. The molecule has 0 rings (SSSR count). The van der Waals surface area contributed by atoms with Crippen LogP contribution in [0.2, 0.25) is 0 Å². The van der Waals surface area contributed by atoms with Gasteiger partial charge in [0.2, 0.25) is 0 Å². The van der Waals surface area contributed by atoms with Crippen molar-refractivity contribution < 1.29 is 19.1 Å². The van der Waals surface area contributed by atoms with Gasteiger partial charge >= 0.3 is 11.9 Å². The van der Waals surface area contributed by atoms with Crippen LogP contribution in [-0.2, 0) is 19.1 Å². The van der Waals surface area contributed by atoms with Crippen LogP contribution < -0.4 is 5.73 Å². The topological polar surface area (TPSA) is 78.6 Å². The number of esters is 2. The van der Waals surface area contributed by atoms with Gasteiger partial charge in [-0.3, -0.25) is 9.59 Å². The second kappa shape index (κ2) is 6.89. The van der Waals surface area contributed by atoms with Gasteiger partial charge in [-0.25, -0.2) is 0 Å². The zero-order valence-corrected chi connectivity index (χ0v) is 12.9. The van der Waals surface area contributed by atoms with Gasteiger partial charge in [0.05, 0.1) is 12.3 Å². The van der Waals surface area contributed by atoms with Crippen molar-refractivity contribution in [2.75, 3.05) is 6.54 Å². The van der Waals surface area contributed by atoms with Crippen molar-refractivity contribution in [3.63, 3.8) is 0 Å². The molecule has 0 aliphatic heterocycles. The van der Waals surface area contributed by atoms with Crippen molar-refractivity contribution in [1.82, 2.24) is 0 Å². The molecular formula is C14H27NO4. The third kappa shape index (κ3) is 9.47. The third-order valence-electron chi connectivity index (χ3n) is 2.09. The molecule has 19 heavy (non-hydrogen) atoms. The molecule has 0 aromatic rings. The predicted octanol–water partition coefficient (Wildman–Crippen LogP) is 2.02. The van der Waals surface area contributed by atoms with Crippen LogP contribution in [0.5, 0.6) is 0 Å². The van der Waals surface area contributed by atoms with Gasteiger partial charge in [-0.15, -0.1) is 0 Å². The first-order valence-corrected chi connectivity index (χ1v) is 6.59. The lowest BCUT2D eigenvalue weighted by molar-refractivity contribution is -0.167. The van der Waals surface area contributed by atoms with Gasteiger partial charge in [0.15, 0.2) is 0 Å². The van der Waals surface area contributed by atoms with Crippen molar-refractivity contribution in [2.24, 2.45) is 11.7 Å². The fourth-order valence-corrected chi connectivity index (χ4v) is 1.47. The fourth-order valence-electron chi connectivity index (χ4n) is 1.47. The standard InChI is InChI=1S/C14H27NO4/c1-13(2,3)18-11(16)9-10(7-8-15)12(17)19-14(4,5)6/h10H,7-9,15H2,1-6H3/t10-/m1/s1. The summed E-state index contributed by atoms with van der Waals surface area (Å²) in [5, 5.41) is 0. The van der Waals surface area contributed by atoms with E-state index >= 15 is 0 Å². The molecule has 0 aliphatic rings. The van der Waals surface area contributed by atoms with E-state index in [9.17, 15) is 9.59 Å². The van der Waals surface area contributed by atoms with E-state index in [1.54, 1.807) is 41.5 Å². The Morgan fingerprint density at radius 3 is 1.84 bits per heavy atom. The van der Waals surface area contributed by atoms with E-state index in [0.29, 0.717) is 13.0 Å². The molecule has 0 saturated carbocycles. The average molecular weight is 273 g/mol. The van der Waals surface area contributed by atoms with Crippen LogP contribution >= 0.6 is 0 Å². The second-order valence-electron chi connectivity index (χ2n) is 6.60. The van der Waals surface area contributed by atoms with Gasteiger partial charge in [0.25, 0.3) is 0 Å². The first-order valence-electron chi connectivity index (χ1n) is 6.59. The molecule has 0 fully saturated rings. The van der Waals surface area contributed by atoms with E-state index in [-0.39, 0.29) is 6.42 Å². The Bertz CT molecular complexity index is 312. The molecule has 0 aromatic carbocycles. The molecule has 0 spiro atoms. The Morgan fingerprint density at radius 2 is 1.47 bits per heavy atom. The maximum absolute atomic E-state index is 12.0. The monoisotopic (exact) mass is 273 g/mol. The van der Waals surface area contributed by atoms with E-state index in [1.807, 2.05) is 0 Å². The van der Waals surface area contributed by atoms with Crippen molar-refractivity contribution in [3.8, 4) is 0 Å². The summed E-state index contributed by atoms with van der Waals surface area (Å²) >= 11 is 0. The normalized spacial score (nSPS) is 13.8. The Morgan fingerprint density at radius 1 is 1.00 bits per heavy atom. The van der Waals surface area contributed by atoms with Gasteiger partial charge in [-0.05, 0) is 54.5 Å². The summed E-state index contributed by atoms with van der Waals surface area (Å²) < 4.78 is 10.5. The number of hydrogen-bond donors (Lipinski definition) is 1. The molecule has 5 nitrogen and oxygen atoms in total. The van der Waals surface area contributed by atoms with Crippen LogP contribution in [0.1, 0.15) is 54.4 Å². The first kappa shape index (κ1) is 17.9. The molecule has 2 N–H and O–H groups in total. The smallest absolute Gasteiger partial charge is 0.310 e. The number of rotatable bonds is 5. The van der Waals surface area contributed by atoms with Gasteiger partial charge < -0.3 is 15.2 Å². The maximum atomic E-state index is 12.0. The maximum Gasteiger partial charge on any atom is 0.310 e. The van der Waals surface area contributed by atoms with Gasteiger partial charge in [-0.1, -0.05) is 0 Å². The van der Waals surface area contributed by atoms with E-state index in [0.717, 1.165) is 0 Å². The summed E-state index contributed by atoms with van der Waals surface area (Å²) in [6, 6.07) is 0. The summed E-state index contributed by atoms with van der Waals surface area (Å²) in [5.74, 6) is -1.35. The third-order valence-corrected chi connectivity index (χ3v) is 2.09. The fraction of sp³-hybridized carbons (Fsp3) is 0.857. The molecule has 0 unspecified atom stereocenters. The first-order chi connectivity index (χ1) is 8.44. The molecule has 0 radical (unpaired) electrons. The summed E-state index contributed by atoms with van der Waals surface area (Å²) in [6.07, 6.45) is 0.414. The minimum Gasteiger partial charge on any atom is -0.460 e. The quantitative estimate of drug-likeness (QED) is 0.775. The molecule has 5 heteroatoms. The number of carbonyl (C=O) groups excluding carboxylic acids is 2. The summed E-state index contributed by atoms with van der Waals surface area (Å²) in [6.45, 7) is 11.1. The van der Waals surface area contributed by atoms with E-state index in [2.05, 4.69) is 0 Å². The van der Waals surface area contributed by atoms with Crippen LogP contribution in [0, 0.1) is 5.92 Å². The van der Waals surface area contributed by atoms with Gasteiger partial charge in [-0.2, -0.15) is 0 Å². The molecule has 0 aromatic heterocycles.